The van der Waals surface area contributed by atoms with Crippen LogP contribution in [0.1, 0.15) is 99.1 Å². The van der Waals surface area contributed by atoms with Gasteiger partial charge in [0.25, 0.3) is 0 Å². The predicted molar refractivity (Wildman–Crippen MR) is 151 cm³/mol. The summed E-state index contributed by atoms with van der Waals surface area (Å²) in [6.45, 7) is 11.1. The molecule has 1 aromatic heterocycles. The number of aliphatic hydroxyl groups is 1. The summed E-state index contributed by atoms with van der Waals surface area (Å²) in [6, 6.07) is 17.9. The first-order chi connectivity index (χ1) is 17.3. The molecule has 0 saturated heterocycles. The molecule has 0 aliphatic heterocycles. The molecule has 4 rings (SSSR count). The second-order valence-corrected chi connectivity index (χ2v) is 10.6. The third-order valence-corrected chi connectivity index (χ3v) is 8.38. The molecule has 2 aromatic carbocycles. The van der Waals surface area contributed by atoms with Crippen LogP contribution < -0.4 is 0 Å². The van der Waals surface area contributed by atoms with Gasteiger partial charge in [0.15, 0.2) is 0 Å². The van der Waals surface area contributed by atoms with Crippen LogP contribution in [0.3, 0.4) is 0 Å². The van der Waals surface area contributed by atoms with Crippen molar-refractivity contribution in [3.8, 4) is 23.1 Å². The van der Waals surface area contributed by atoms with Crippen molar-refractivity contribution in [2.24, 2.45) is 0 Å². The number of aryl methyl sites for hydroxylation is 3. The number of hydrogen-bond donors (Lipinski definition) is 1. The van der Waals surface area contributed by atoms with Gasteiger partial charge in [-0.15, -0.1) is 0 Å². The van der Waals surface area contributed by atoms with Crippen LogP contribution in [0.5, 0.6) is 0 Å². The van der Waals surface area contributed by atoms with Crippen LogP contribution in [0.15, 0.2) is 54.7 Å². The summed E-state index contributed by atoms with van der Waals surface area (Å²) in [4.78, 5) is 4.72. The number of hydrogen-bond acceptors (Lipinski definition) is 2. The standard InChI is InChI=1S/C34H41NO/c1-6-27-12-17-32(35-24-27)31-16-15-30(23-26(31)5)34(7-2,8-3)29-14-13-28(25(4)22-29)18-21-33(36)19-10-9-11-20-33/h12-17,22-24,36H,6-11,19-20H2,1-5H3. The van der Waals surface area contributed by atoms with Gasteiger partial charge < -0.3 is 5.11 Å². The van der Waals surface area contributed by atoms with Crippen molar-refractivity contribution in [3.63, 3.8) is 0 Å². The van der Waals surface area contributed by atoms with Crippen LogP contribution in [-0.2, 0) is 11.8 Å². The first-order valence-electron chi connectivity index (χ1n) is 13.8. The molecule has 3 aromatic rings. The molecule has 2 heteroatoms. The Morgan fingerprint density at radius 1 is 0.861 bits per heavy atom. The van der Waals surface area contributed by atoms with E-state index in [4.69, 9.17) is 4.98 Å². The molecule has 0 radical (unpaired) electrons. The highest BCUT2D eigenvalue weighted by molar-refractivity contribution is 5.65. The van der Waals surface area contributed by atoms with Gasteiger partial charge >= 0.3 is 0 Å². The summed E-state index contributed by atoms with van der Waals surface area (Å²) in [5.41, 5.74) is 8.78. The van der Waals surface area contributed by atoms with E-state index < -0.39 is 5.60 Å². The maximum absolute atomic E-state index is 10.8. The lowest BCUT2D eigenvalue weighted by molar-refractivity contribution is 0.0610. The van der Waals surface area contributed by atoms with Gasteiger partial charge in [-0.25, -0.2) is 0 Å². The molecule has 1 N–H and O–H groups in total. The maximum Gasteiger partial charge on any atom is 0.125 e. The van der Waals surface area contributed by atoms with Crippen LogP contribution in [0, 0.1) is 25.7 Å². The van der Waals surface area contributed by atoms with Gasteiger partial charge in [-0.2, -0.15) is 0 Å². The van der Waals surface area contributed by atoms with E-state index in [0.717, 1.165) is 56.2 Å². The first kappa shape index (κ1) is 26.2. The van der Waals surface area contributed by atoms with Crippen molar-refractivity contribution in [2.45, 2.75) is 97.0 Å². The average molecular weight is 480 g/mol. The third-order valence-electron chi connectivity index (χ3n) is 8.38. The summed E-state index contributed by atoms with van der Waals surface area (Å²) >= 11 is 0. The molecule has 188 valence electrons. The lowest BCUT2D eigenvalue weighted by Gasteiger charge is -2.34. The highest BCUT2D eigenvalue weighted by Gasteiger charge is 2.31. The van der Waals surface area contributed by atoms with Crippen LogP contribution in [0.2, 0.25) is 0 Å². The molecule has 0 amide bonds. The van der Waals surface area contributed by atoms with Crippen molar-refractivity contribution in [1.29, 1.82) is 0 Å². The van der Waals surface area contributed by atoms with Gasteiger partial charge in [-0.3, -0.25) is 4.98 Å². The van der Waals surface area contributed by atoms with E-state index in [0.29, 0.717) is 0 Å². The smallest absolute Gasteiger partial charge is 0.125 e. The van der Waals surface area contributed by atoms with E-state index in [9.17, 15) is 5.11 Å². The van der Waals surface area contributed by atoms with Crippen molar-refractivity contribution < 1.29 is 5.11 Å². The Hall–Kier alpha value is -2.89. The molecule has 36 heavy (non-hydrogen) atoms. The predicted octanol–water partition coefficient (Wildman–Crippen LogP) is 8.08. The van der Waals surface area contributed by atoms with E-state index in [2.05, 4.69) is 95.0 Å². The van der Waals surface area contributed by atoms with Crippen LogP contribution in [0.4, 0.5) is 0 Å². The van der Waals surface area contributed by atoms with Gasteiger partial charge in [0.2, 0.25) is 0 Å². The van der Waals surface area contributed by atoms with Gasteiger partial charge in [0.1, 0.15) is 5.60 Å². The van der Waals surface area contributed by atoms with Crippen LogP contribution in [-0.4, -0.2) is 15.7 Å². The topological polar surface area (TPSA) is 33.1 Å². The monoisotopic (exact) mass is 479 g/mol. The lowest BCUT2D eigenvalue weighted by Crippen LogP contribution is -2.29. The number of pyridine rings is 1. The summed E-state index contributed by atoms with van der Waals surface area (Å²) in [6.07, 6.45) is 9.96. The third kappa shape index (κ3) is 5.28. The Bertz CT molecular complexity index is 1250. The zero-order valence-electron chi connectivity index (χ0n) is 22.7. The number of nitrogens with zero attached hydrogens (tertiary/aromatic N) is 1. The molecular weight excluding hydrogens is 438 g/mol. The fourth-order valence-corrected chi connectivity index (χ4v) is 5.82. The Labute approximate surface area is 218 Å². The minimum Gasteiger partial charge on any atom is -0.378 e. The van der Waals surface area contributed by atoms with E-state index in [1.165, 1.54) is 39.8 Å². The molecule has 1 fully saturated rings. The SMILES string of the molecule is CCc1ccc(-c2ccc(C(CC)(CC)c3ccc(C#CC4(O)CCCCC4)c(C)c3)cc2C)nc1. The number of benzene rings is 2. The van der Waals surface area contributed by atoms with Crippen LogP contribution in [0.25, 0.3) is 11.3 Å². The summed E-state index contributed by atoms with van der Waals surface area (Å²) in [7, 11) is 0. The Morgan fingerprint density at radius 3 is 2.08 bits per heavy atom. The fraction of sp³-hybridized carbons (Fsp3) is 0.441. The molecule has 0 bridgehead atoms. The van der Waals surface area contributed by atoms with Gasteiger partial charge in [0, 0.05) is 22.7 Å². The van der Waals surface area contributed by atoms with Crippen molar-refractivity contribution >= 4 is 0 Å². The zero-order chi connectivity index (χ0) is 25.8. The molecule has 1 saturated carbocycles. The van der Waals surface area contributed by atoms with Gasteiger partial charge in [-0.1, -0.05) is 75.4 Å². The summed E-state index contributed by atoms with van der Waals surface area (Å²) in [5.74, 6) is 6.52. The molecule has 2 nitrogen and oxygen atoms in total. The largest absolute Gasteiger partial charge is 0.378 e. The van der Waals surface area contributed by atoms with E-state index >= 15 is 0 Å². The molecule has 0 unspecified atom stereocenters. The average Bonchev–Trinajstić information content (AvgIpc) is 2.90. The Morgan fingerprint density at radius 2 is 1.53 bits per heavy atom. The Kier molecular flexibility index (Phi) is 8.01. The fourth-order valence-electron chi connectivity index (χ4n) is 5.82. The minimum absolute atomic E-state index is 0.0545. The summed E-state index contributed by atoms with van der Waals surface area (Å²) < 4.78 is 0. The van der Waals surface area contributed by atoms with Crippen molar-refractivity contribution in [3.05, 3.63) is 88.1 Å². The highest BCUT2D eigenvalue weighted by Crippen LogP contribution is 2.41. The van der Waals surface area contributed by atoms with E-state index in [-0.39, 0.29) is 5.41 Å². The molecule has 1 heterocycles. The minimum atomic E-state index is -0.815. The molecular formula is C34H41NO. The molecule has 1 aliphatic rings. The number of aromatic nitrogens is 1. The van der Waals surface area contributed by atoms with E-state index in [1.807, 2.05) is 6.20 Å². The number of rotatable bonds is 6. The lowest BCUT2D eigenvalue weighted by atomic mass is 9.69. The molecule has 0 spiro atoms. The molecule has 1 aliphatic carbocycles. The van der Waals surface area contributed by atoms with E-state index in [1.54, 1.807) is 0 Å². The zero-order valence-corrected chi connectivity index (χ0v) is 22.7. The Balaban J connectivity index is 1.67. The molecule has 0 atom stereocenters. The van der Waals surface area contributed by atoms with Crippen LogP contribution >= 0.6 is 0 Å². The van der Waals surface area contributed by atoms with Gasteiger partial charge in [-0.05, 0) is 98.7 Å². The van der Waals surface area contributed by atoms with Gasteiger partial charge in [0.05, 0.1) is 5.69 Å². The quantitative estimate of drug-likeness (QED) is 0.363. The maximum atomic E-state index is 10.8. The van der Waals surface area contributed by atoms with Crippen molar-refractivity contribution in [1.82, 2.24) is 4.98 Å². The highest BCUT2D eigenvalue weighted by atomic mass is 16.3. The normalized spacial score (nSPS) is 15.3. The second kappa shape index (κ2) is 11.0. The summed E-state index contributed by atoms with van der Waals surface area (Å²) in [5, 5.41) is 10.8. The second-order valence-electron chi connectivity index (χ2n) is 10.6. The van der Waals surface area contributed by atoms with Crippen molar-refractivity contribution in [2.75, 3.05) is 0 Å². The first-order valence-corrected chi connectivity index (χ1v) is 13.8.